The Morgan fingerprint density at radius 2 is 2.13 bits per heavy atom. The van der Waals surface area contributed by atoms with Gasteiger partial charge in [0.25, 0.3) is 5.78 Å². The molecule has 3 heterocycles. The SMILES string of the molecule is OCC1CN(c2cc(-c3ccccc3)nc3ncnn23)CCN1. The van der Waals surface area contributed by atoms with Crippen LogP contribution < -0.4 is 10.2 Å². The highest BCUT2D eigenvalue weighted by atomic mass is 16.3. The van der Waals surface area contributed by atoms with Gasteiger partial charge in [-0.05, 0) is 0 Å². The van der Waals surface area contributed by atoms with Crippen molar-refractivity contribution in [2.75, 3.05) is 31.1 Å². The third-order valence-electron chi connectivity index (χ3n) is 4.10. The van der Waals surface area contributed by atoms with E-state index in [1.165, 1.54) is 6.33 Å². The Kier molecular flexibility index (Phi) is 3.64. The van der Waals surface area contributed by atoms with Gasteiger partial charge in [0.2, 0.25) is 0 Å². The van der Waals surface area contributed by atoms with Gasteiger partial charge < -0.3 is 15.3 Å². The number of aromatic nitrogens is 4. The van der Waals surface area contributed by atoms with E-state index in [-0.39, 0.29) is 12.6 Å². The number of nitrogens with one attached hydrogen (secondary N) is 1. The van der Waals surface area contributed by atoms with Crippen LogP contribution in [-0.4, -0.2) is 57.0 Å². The second kappa shape index (κ2) is 5.94. The third kappa shape index (κ3) is 2.64. The van der Waals surface area contributed by atoms with Gasteiger partial charge in [-0.15, -0.1) is 0 Å². The molecule has 7 heteroatoms. The molecule has 1 aliphatic rings. The number of fused-ring (bicyclic) bond motifs is 1. The van der Waals surface area contributed by atoms with E-state index in [2.05, 4.69) is 25.3 Å². The highest BCUT2D eigenvalue weighted by Crippen LogP contribution is 2.24. The van der Waals surface area contributed by atoms with Crippen LogP contribution in [0.15, 0.2) is 42.7 Å². The maximum absolute atomic E-state index is 9.43. The van der Waals surface area contributed by atoms with Crippen LogP contribution in [0.25, 0.3) is 17.0 Å². The number of hydrogen-bond acceptors (Lipinski definition) is 6. The molecule has 7 nitrogen and oxygen atoms in total. The van der Waals surface area contributed by atoms with Crippen molar-refractivity contribution in [2.45, 2.75) is 6.04 Å². The summed E-state index contributed by atoms with van der Waals surface area (Å²) in [6.45, 7) is 2.52. The number of aliphatic hydroxyl groups excluding tert-OH is 1. The average molecular weight is 310 g/mol. The quantitative estimate of drug-likeness (QED) is 0.736. The van der Waals surface area contributed by atoms with Gasteiger partial charge >= 0.3 is 0 Å². The Morgan fingerprint density at radius 1 is 1.26 bits per heavy atom. The summed E-state index contributed by atoms with van der Waals surface area (Å²) in [5.74, 6) is 1.53. The van der Waals surface area contributed by atoms with Crippen LogP contribution in [0, 0.1) is 0 Å². The first-order valence-corrected chi connectivity index (χ1v) is 7.70. The maximum atomic E-state index is 9.43. The molecular formula is C16H18N6O. The van der Waals surface area contributed by atoms with Crippen LogP contribution in [-0.2, 0) is 0 Å². The van der Waals surface area contributed by atoms with Crippen molar-refractivity contribution in [1.82, 2.24) is 24.9 Å². The molecule has 3 aromatic rings. The number of anilines is 1. The van der Waals surface area contributed by atoms with Crippen molar-refractivity contribution in [1.29, 1.82) is 0 Å². The van der Waals surface area contributed by atoms with Crippen LogP contribution in [0.3, 0.4) is 0 Å². The minimum Gasteiger partial charge on any atom is -0.395 e. The Morgan fingerprint density at radius 3 is 2.96 bits per heavy atom. The van der Waals surface area contributed by atoms with E-state index in [1.54, 1.807) is 4.52 Å². The van der Waals surface area contributed by atoms with Gasteiger partial charge in [-0.1, -0.05) is 30.3 Å². The van der Waals surface area contributed by atoms with E-state index in [4.69, 9.17) is 0 Å². The summed E-state index contributed by atoms with van der Waals surface area (Å²) in [7, 11) is 0. The molecule has 1 atom stereocenters. The number of piperazine rings is 1. The monoisotopic (exact) mass is 310 g/mol. The zero-order chi connectivity index (χ0) is 15.6. The lowest BCUT2D eigenvalue weighted by Crippen LogP contribution is -2.52. The molecule has 0 spiro atoms. The van der Waals surface area contributed by atoms with Crippen molar-refractivity contribution >= 4 is 11.6 Å². The van der Waals surface area contributed by atoms with Gasteiger partial charge in [0.05, 0.1) is 12.3 Å². The molecule has 2 aromatic heterocycles. The van der Waals surface area contributed by atoms with E-state index in [1.807, 2.05) is 36.4 Å². The highest BCUT2D eigenvalue weighted by molar-refractivity contribution is 5.65. The fourth-order valence-electron chi connectivity index (χ4n) is 2.93. The van der Waals surface area contributed by atoms with Crippen molar-refractivity contribution in [3.05, 3.63) is 42.7 Å². The maximum Gasteiger partial charge on any atom is 0.254 e. The van der Waals surface area contributed by atoms with Gasteiger partial charge in [-0.25, -0.2) is 4.98 Å². The molecule has 1 saturated heterocycles. The summed E-state index contributed by atoms with van der Waals surface area (Å²) >= 11 is 0. The average Bonchev–Trinajstić information content (AvgIpc) is 3.10. The molecule has 1 aromatic carbocycles. The van der Waals surface area contributed by atoms with Crippen LogP contribution in [0.1, 0.15) is 0 Å². The number of nitrogens with zero attached hydrogens (tertiary/aromatic N) is 5. The Hall–Kier alpha value is -2.51. The normalized spacial score (nSPS) is 18.5. The molecule has 0 radical (unpaired) electrons. The minimum atomic E-state index is 0.0654. The van der Waals surface area contributed by atoms with Crippen molar-refractivity contribution in [3.8, 4) is 11.3 Å². The smallest absolute Gasteiger partial charge is 0.254 e. The van der Waals surface area contributed by atoms with E-state index >= 15 is 0 Å². The molecule has 23 heavy (non-hydrogen) atoms. The zero-order valence-electron chi connectivity index (χ0n) is 12.6. The van der Waals surface area contributed by atoms with Crippen LogP contribution in [0.2, 0.25) is 0 Å². The predicted octanol–water partition coefficient (Wildman–Crippen LogP) is 0.562. The van der Waals surface area contributed by atoms with E-state index in [0.29, 0.717) is 5.78 Å². The largest absolute Gasteiger partial charge is 0.395 e. The summed E-state index contributed by atoms with van der Waals surface area (Å²) in [6.07, 6.45) is 1.52. The lowest BCUT2D eigenvalue weighted by molar-refractivity contribution is 0.235. The first-order valence-electron chi connectivity index (χ1n) is 7.70. The third-order valence-corrected chi connectivity index (χ3v) is 4.10. The molecule has 1 unspecified atom stereocenters. The topological polar surface area (TPSA) is 78.6 Å². The zero-order valence-corrected chi connectivity index (χ0v) is 12.6. The summed E-state index contributed by atoms with van der Waals surface area (Å²) < 4.78 is 1.76. The standard InChI is InChI=1S/C16H18N6O/c23-10-13-9-21(7-6-17-13)15-8-14(12-4-2-1-3-5-12)20-16-18-11-19-22(15)16/h1-5,8,11,13,17,23H,6-7,9-10H2. The molecule has 118 valence electrons. The van der Waals surface area contributed by atoms with Crippen molar-refractivity contribution in [3.63, 3.8) is 0 Å². The van der Waals surface area contributed by atoms with Crippen LogP contribution in [0.5, 0.6) is 0 Å². The molecule has 0 amide bonds. The van der Waals surface area contributed by atoms with Crippen LogP contribution >= 0.6 is 0 Å². The number of hydrogen-bond donors (Lipinski definition) is 2. The van der Waals surface area contributed by atoms with Crippen molar-refractivity contribution in [2.24, 2.45) is 0 Å². The molecule has 0 saturated carbocycles. The molecule has 0 bridgehead atoms. The second-order valence-corrected chi connectivity index (χ2v) is 5.62. The summed E-state index contributed by atoms with van der Waals surface area (Å²) in [5.41, 5.74) is 1.92. The first-order chi connectivity index (χ1) is 11.3. The number of aliphatic hydroxyl groups is 1. The molecule has 1 aliphatic heterocycles. The fourth-order valence-corrected chi connectivity index (χ4v) is 2.93. The summed E-state index contributed by atoms with van der Waals surface area (Å²) in [5, 5.41) is 17.0. The van der Waals surface area contributed by atoms with Gasteiger partial charge in [0.1, 0.15) is 12.1 Å². The predicted molar refractivity (Wildman–Crippen MR) is 87.3 cm³/mol. The van der Waals surface area contributed by atoms with Crippen molar-refractivity contribution < 1.29 is 5.11 Å². The Labute approximate surface area is 133 Å². The molecule has 1 fully saturated rings. The summed E-state index contributed by atoms with van der Waals surface area (Å²) in [4.78, 5) is 11.1. The van der Waals surface area contributed by atoms with Gasteiger partial charge in [0.15, 0.2) is 0 Å². The molecule has 4 rings (SSSR count). The lowest BCUT2D eigenvalue weighted by atomic mass is 10.1. The number of benzene rings is 1. The Balaban J connectivity index is 1.80. The molecular weight excluding hydrogens is 292 g/mol. The van der Waals surface area contributed by atoms with Gasteiger partial charge in [-0.3, -0.25) is 0 Å². The van der Waals surface area contributed by atoms with E-state index in [9.17, 15) is 5.11 Å². The minimum absolute atomic E-state index is 0.0654. The molecule has 0 aliphatic carbocycles. The first kappa shape index (κ1) is 14.1. The highest BCUT2D eigenvalue weighted by Gasteiger charge is 2.22. The Bertz CT molecular complexity index is 803. The second-order valence-electron chi connectivity index (χ2n) is 5.62. The van der Waals surface area contributed by atoms with Crippen LogP contribution in [0.4, 0.5) is 5.82 Å². The number of rotatable bonds is 3. The lowest BCUT2D eigenvalue weighted by Gasteiger charge is -2.34. The fraction of sp³-hybridized carbons (Fsp3) is 0.312. The summed E-state index contributed by atoms with van der Waals surface area (Å²) in [6, 6.07) is 12.2. The van der Waals surface area contributed by atoms with Gasteiger partial charge in [-0.2, -0.15) is 14.6 Å². The molecule has 2 N–H and O–H groups in total. The van der Waals surface area contributed by atoms with Gasteiger partial charge in [0, 0.05) is 37.3 Å². The van der Waals surface area contributed by atoms with E-state index < -0.39 is 0 Å². The van der Waals surface area contributed by atoms with E-state index in [0.717, 1.165) is 36.7 Å².